The van der Waals surface area contributed by atoms with Gasteiger partial charge in [0.25, 0.3) is 11.7 Å². The second-order valence-electron chi connectivity index (χ2n) is 8.54. The van der Waals surface area contributed by atoms with E-state index in [0.29, 0.717) is 36.1 Å². The largest absolute Gasteiger partial charge is 0.377 e. The third kappa shape index (κ3) is 3.71. The van der Waals surface area contributed by atoms with E-state index in [-0.39, 0.29) is 37.3 Å². The zero-order valence-electron chi connectivity index (χ0n) is 17.3. The topological polar surface area (TPSA) is 146 Å². The van der Waals surface area contributed by atoms with E-state index in [1.165, 1.54) is 4.52 Å². The van der Waals surface area contributed by atoms with Crippen molar-refractivity contribution >= 4 is 11.7 Å². The molecule has 0 unspecified atom stereocenters. The van der Waals surface area contributed by atoms with E-state index >= 15 is 0 Å². The number of nitrogens with zero attached hydrogens (tertiary/aromatic N) is 6. The van der Waals surface area contributed by atoms with Gasteiger partial charge >= 0.3 is 0 Å². The minimum atomic E-state index is -2.70. The van der Waals surface area contributed by atoms with Crippen LogP contribution in [0.1, 0.15) is 59.3 Å². The molecule has 1 amide bonds. The molecule has 1 aliphatic heterocycles. The van der Waals surface area contributed by atoms with Crippen molar-refractivity contribution in [2.45, 2.75) is 50.1 Å². The van der Waals surface area contributed by atoms with Gasteiger partial charge in [-0.2, -0.15) is 5.10 Å². The number of carbonyl (C=O) groups excluding carboxylic acids is 1. The first-order chi connectivity index (χ1) is 15.2. The fraction of sp³-hybridized carbons (Fsp3) is 0.579. The summed E-state index contributed by atoms with van der Waals surface area (Å²) in [5, 5.41) is 14.5. The second kappa shape index (κ2) is 7.52. The molecule has 13 heteroatoms. The number of nitrogens with two attached hydrogens (primary N) is 1. The van der Waals surface area contributed by atoms with Gasteiger partial charge in [0.15, 0.2) is 5.69 Å². The highest BCUT2D eigenvalue weighted by molar-refractivity contribution is 5.93. The summed E-state index contributed by atoms with van der Waals surface area (Å²) in [6.07, 6.45) is 3.16. The number of nitrogens with one attached hydrogen (secondary N) is 1. The maximum atomic E-state index is 13.8. The third-order valence-electron chi connectivity index (χ3n) is 6.15. The molecule has 11 nitrogen and oxygen atoms in total. The molecule has 4 heterocycles. The van der Waals surface area contributed by atoms with E-state index in [4.69, 9.17) is 10.5 Å². The lowest BCUT2D eigenvalue weighted by Gasteiger charge is -2.36. The average Bonchev–Trinajstić information content (AvgIpc) is 3.35. The van der Waals surface area contributed by atoms with Crippen molar-refractivity contribution in [2.75, 3.05) is 13.2 Å². The number of ether oxygens (including phenoxy) is 1. The molecule has 0 bridgehead atoms. The Balaban J connectivity index is 1.47. The summed E-state index contributed by atoms with van der Waals surface area (Å²) in [7, 11) is 0. The van der Waals surface area contributed by atoms with Crippen molar-refractivity contribution in [2.24, 2.45) is 11.7 Å². The number of aromatic nitrogens is 6. The maximum absolute atomic E-state index is 13.8. The number of carbonyl (C=O) groups is 1. The van der Waals surface area contributed by atoms with Crippen LogP contribution < -0.4 is 11.1 Å². The molecule has 1 saturated carbocycles. The molecule has 1 aliphatic carbocycles. The quantitative estimate of drug-likeness (QED) is 0.589. The van der Waals surface area contributed by atoms with Crippen LogP contribution in [0.25, 0.3) is 5.78 Å². The molecular weight excluding hydrogens is 426 g/mol. The molecule has 2 fully saturated rings. The first-order valence-electron chi connectivity index (χ1n) is 10.3. The zero-order chi connectivity index (χ0) is 22.5. The molecule has 3 aromatic rings. The summed E-state index contributed by atoms with van der Waals surface area (Å²) in [6, 6.07) is -0.638. The van der Waals surface area contributed by atoms with Crippen molar-refractivity contribution in [3.8, 4) is 0 Å². The number of hydrogen-bond acceptors (Lipinski definition) is 9. The molecule has 0 aromatic carbocycles. The minimum Gasteiger partial charge on any atom is -0.377 e. The lowest BCUT2D eigenvalue weighted by molar-refractivity contribution is -0.0591. The number of halogens is 2. The Kier molecular flexibility index (Phi) is 4.89. The number of rotatable bonds is 5. The van der Waals surface area contributed by atoms with Crippen LogP contribution in [-0.4, -0.2) is 54.9 Å². The van der Waals surface area contributed by atoms with E-state index in [0.717, 1.165) is 0 Å². The summed E-state index contributed by atoms with van der Waals surface area (Å²) in [5.41, 5.74) is 6.92. The fourth-order valence-electron chi connectivity index (χ4n) is 4.13. The number of imidazole rings is 1. The van der Waals surface area contributed by atoms with Crippen LogP contribution in [0.15, 0.2) is 17.0 Å². The number of hydrogen-bond donors (Lipinski definition) is 2. The Bertz CT molecular complexity index is 1150. The van der Waals surface area contributed by atoms with E-state index in [9.17, 15) is 13.6 Å². The summed E-state index contributed by atoms with van der Waals surface area (Å²) in [6.45, 7) is 2.27. The van der Waals surface area contributed by atoms with Gasteiger partial charge < -0.3 is 15.8 Å². The predicted octanol–water partition coefficient (Wildman–Crippen LogP) is 1.30. The van der Waals surface area contributed by atoms with Crippen molar-refractivity contribution in [1.82, 2.24) is 35.2 Å². The monoisotopic (exact) mass is 448 g/mol. The average molecular weight is 448 g/mol. The normalized spacial score (nSPS) is 21.2. The lowest BCUT2D eigenvalue weighted by Crippen LogP contribution is -2.54. The van der Waals surface area contributed by atoms with Crippen molar-refractivity contribution in [1.29, 1.82) is 0 Å². The van der Waals surface area contributed by atoms with Gasteiger partial charge in [0.1, 0.15) is 11.2 Å². The van der Waals surface area contributed by atoms with Gasteiger partial charge in [0, 0.05) is 12.8 Å². The summed E-state index contributed by atoms with van der Waals surface area (Å²) < 4.78 is 38.8. The molecule has 1 saturated heterocycles. The SMILES string of the molecule is Cc1nonc1C(=O)N[C@H](c1cn2ncc(C3(N)COC3)nc2n1)C1CCC(F)(F)CC1. The fourth-order valence-corrected chi connectivity index (χ4v) is 4.13. The smallest absolute Gasteiger partial charge is 0.276 e. The van der Waals surface area contributed by atoms with Crippen molar-refractivity contribution < 1.29 is 22.9 Å². The molecule has 0 radical (unpaired) electrons. The van der Waals surface area contributed by atoms with Crippen LogP contribution >= 0.6 is 0 Å². The number of amides is 1. The molecule has 1 atom stereocenters. The first-order valence-corrected chi connectivity index (χ1v) is 10.3. The van der Waals surface area contributed by atoms with Gasteiger partial charge in [-0.15, -0.1) is 0 Å². The predicted molar refractivity (Wildman–Crippen MR) is 104 cm³/mol. The van der Waals surface area contributed by atoms with Gasteiger partial charge in [-0.1, -0.05) is 5.16 Å². The summed E-state index contributed by atoms with van der Waals surface area (Å²) >= 11 is 0. The Morgan fingerprint density at radius 3 is 2.66 bits per heavy atom. The van der Waals surface area contributed by atoms with E-state index < -0.39 is 23.4 Å². The molecule has 5 rings (SSSR count). The molecule has 3 N–H and O–H groups in total. The zero-order valence-corrected chi connectivity index (χ0v) is 17.3. The number of alkyl halides is 2. The molecule has 170 valence electrons. The van der Waals surface area contributed by atoms with Crippen LogP contribution in [0.5, 0.6) is 0 Å². The van der Waals surface area contributed by atoms with Gasteiger partial charge in [0.05, 0.1) is 43.0 Å². The molecule has 32 heavy (non-hydrogen) atoms. The second-order valence-corrected chi connectivity index (χ2v) is 8.54. The molecule has 3 aromatic heterocycles. The molecule has 0 spiro atoms. The number of aryl methyl sites for hydroxylation is 1. The van der Waals surface area contributed by atoms with Gasteiger partial charge in [0.2, 0.25) is 5.92 Å². The van der Waals surface area contributed by atoms with Gasteiger partial charge in [-0.25, -0.2) is 27.9 Å². The van der Waals surface area contributed by atoms with Crippen LogP contribution in [0.4, 0.5) is 8.78 Å². The van der Waals surface area contributed by atoms with Gasteiger partial charge in [-0.05, 0) is 30.8 Å². The Morgan fingerprint density at radius 2 is 2.03 bits per heavy atom. The minimum absolute atomic E-state index is 0.0356. The highest BCUT2D eigenvalue weighted by Gasteiger charge is 2.40. The summed E-state index contributed by atoms with van der Waals surface area (Å²) in [4.78, 5) is 21.9. The van der Waals surface area contributed by atoms with E-state index in [2.05, 4.69) is 35.3 Å². The van der Waals surface area contributed by atoms with Crippen molar-refractivity contribution in [3.63, 3.8) is 0 Å². The van der Waals surface area contributed by atoms with E-state index in [1.54, 1.807) is 19.3 Å². The first kappa shape index (κ1) is 20.8. The van der Waals surface area contributed by atoms with Crippen LogP contribution in [0.3, 0.4) is 0 Å². The van der Waals surface area contributed by atoms with Gasteiger partial charge in [-0.3, -0.25) is 4.79 Å². The Hall–Kier alpha value is -3.06. The maximum Gasteiger partial charge on any atom is 0.276 e. The Labute approximate surface area is 180 Å². The third-order valence-corrected chi connectivity index (χ3v) is 6.15. The standard InChI is InChI=1S/C19H22F2N8O3/c1-10-14(28-32-27-10)16(30)26-15(11-2-4-19(20,21)5-3-11)12-7-29-17(24-12)25-13(6-23-29)18(22)8-31-9-18/h6-7,11,15H,2-5,8-9,22H2,1H3,(H,26,30)/t15-/m0/s1. The molecule has 2 aliphatic rings. The lowest BCUT2D eigenvalue weighted by atomic mass is 9.81. The molecular formula is C19H22F2N8O3. The summed E-state index contributed by atoms with van der Waals surface area (Å²) in [5.74, 6) is -3.16. The van der Waals surface area contributed by atoms with Crippen molar-refractivity contribution in [3.05, 3.63) is 35.2 Å². The van der Waals surface area contributed by atoms with Crippen LogP contribution in [0, 0.1) is 12.8 Å². The number of fused-ring (bicyclic) bond motifs is 1. The van der Waals surface area contributed by atoms with Crippen LogP contribution in [-0.2, 0) is 10.3 Å². The van der Waals surface area contributed by atoms with E-state index in [1.807, 2.05) is 0 Å². The highest BCUT2D eigenvalue weighted by Crippen LogP contribution is 2.41. The Morgan fingerprint density at radius 1 is 1.28 bits per heavy atom. The highest BCUT2D eigenvalue weighted by atomic mass is 19.3. The van der Waals surface area contributed by atoms with Crippen LogP contribution in [0.2, 0.25) is 0 Å².